The Morgan fingerprint density at radius 1 is 0.974 bits per heavy atom. The number of esters is 2. The van der Waals surface area contributed by atoms with Crippen molar-refractivity contribution in [3.05, 3.63) is 89.5 Å². The summed E-state index contributed by atoms with van der Waals surface area (Å²) in [7, 11) is 1.50. The fourth-order valence-electron chi connectivity index (χ4n) is 3.52. The van der Waals surface area contributed by atoms with Gasteiger partial charge in [-0.1, -0.05) is 36.4 Å². The van der Waals surface area contributed by atoms with E-state index in [2.05, 4.69) is 15.4 Å². The Bertz CT molecular complexity index is 1290. The van der Waals surface area contributed by atoms with Crippen LogP contribution in [0.2, 0.25) is 0 Å². The largest absolute Gasteiger partial charge is 0.493 e. The molecule has 3 aromatic carbocycles. The zero-order valence-electron chi connectivity index (χ0n) is 21.3. The van der Waals surface area contributed by atoms with E-state index in [9.17, 15) is 14.4 Å². The lowest BCUT2D eigenvalue weighted by atomic mass is 10.0. The molecule has 198 valence electrons. The Morgan fingerprint density at radius 2 is 1.66 bits per heavy atom. The van der Waals surface area contributed by atoms with Crippen LogP contribution in [0.25, 0.3) is 0 Å². The predicted octanol–water partition coefficient (Wildman–Crippen LogP) is 3.31. The van der Waals surface area contributed by atoms with Crippen LogP contribution >= 0.6 is 0 Å². The third kappa shape index (κ3) is 7.57. The van der Waals surface area contributed by atoms with Gasteiger partial charge < -0.3 is 30.6 Å². The fraction of sp³-hybridized carbons (Fsp3) is 0.214. The highest BCUT2D eigenvalue weighted by molar-refractivity contribution is 5.95. The number of amides is 1. The van der Waals surface area contributed by atoms with Crippen LogP contribution in [0, 0.1) is 5.41 Å². The van der Waals surface area contributed by atoms with Crippen molar-refractivity contribution in [3.8, 4) is 11.5 Å². The first-order valence-corrected chi connectivity index (χ1v) is 11.8. The minimum Gasteiger partial charge on any atom is -0.493 e. The van der Waals surface area contributed by atoms with Crippen molar-refractivity contribution in [1.82, 2.24) is 5.32 Å². The van der Waals surface area contributed by atoms with Crippen molar-refractivity contribution < 1.29 is 28.6 Å². The van der Waals surface area contributed by atoms with Gasteiger partial charge >= 0.3 is 11.9 Å². The lowest BCUT2D eigenvalue weighted by molar-refractivity contribution is -0.160. The molecule has 3 rings (SSSR count). The number of carbonyl (C=O) groups is 3. The number of methoxy groups -OCH3 is 1. The molecule has 5 N–H and O–H groups in total. The average molecular weight is 519 g/mol. The van der Waals surface area contributed by atoms with Gasteiger partial charge in [0.15, 0.2) is 11.5 Å². The van der Waals surface area contributed by atoms with E-state index < -0.39 is 29.9 Å². The maximum Gasteiger partial charge on any atom is 0.335 e. The molecule has 0 heterocycles. The number of hydrogen-bond donors (Lipinski definition) is 4. The van der Waals surface area contributed by atoms with Gasteiger partial charge in [0.1, 0.15) is 24.5 Å². The molecule has 0 bridgehead atoms. The van der Waals surface area contributed by atoms with Gasteiger partial charge in [0.25, 0.3) is 0 Å². The zero-order chi connectivity index (χ0) is 27.7. The first-order chi connectivity index (χ1) is 18.2. The molecule has 0 unspecified atom stereocenters. The van der Waals surface area contributed by atoms with Crippen LogP contribution in [0.5, 0.6) is 11.5 Å². The van der Waals surface area contributed by atoms with E-state index in [0.29, 0.717) is 34.9 Å². The molecule has 0 fully saturated rings. The molecule has 0 aliphatic rings. The Labute approximate surface area is 220 Å². The van der Waals surface area contributed by atoms with Crippen LogP contribution in [0.1, 0.15) is 36.6 Å². The molecule has 10 nitrogen and oxygen atoms in total. The molecule has 0 saturated heterocycles. The molecular weight excluding hydrogens is 488 g/mol. The van der Waals surface area contributed by atoms with Crippen molar-refractivity contribution in [1.29, 1.82) is 5.41 Å². The SMILES string of the molecule is COc1cc([C@@H](Nc2ccc(C(=N)N)cc2)C(=O)N[C@@H](C)C(=O)OC(C)=O)ccc1OCc1ccccc1. The number of rotatable bonds is 11. The summed E-state index contributed by atoms with van der Waals surface area (Å²) in [5.41, 5.74) is 8.14. The zero-order valence-corrected chi connectivity index (χ0v) is 21.3. The van der Waals surface area contributed by atoms with Gasteiger partial charge in [-0.05, 0) is 54.4 Å². The number of hydrogen-bond acceptors (Lipinski definition) is 8. The van der Waals surface area contributed by atoms with E-state index in [4.69, 9.17) is 20.6 Å². The summed E-state index contributed by atoms with van der Waals surface area (Å²) in [5.74, 6) is -1.38. The molecular formula is C28H30N4O6. The summed E-state index contributed by atoms with van der Waals surface area (Å²) >= 11 is 0. The average Bonchev–Trinajstić information content (AvgIpc) is 2.90. The highest BCUT2D eigenvalue weighted by Gasteiger charge is 2.27. The second kappa shape index (κ2) is 12.9. The summed E-state index contributed by atoms with van der Waals surface area (Å²) in [6.07, 6.45) is 0. The lowest BCUT2D eigenvalue weighted by Gasteiger charge is -2.23. The highest BCUT2D eigenvalue weighted by atomic mass is 16.6. The Kier molecular flexibility index (Phi) is 9.42. The van der Waals surface area contributed by atoms with E-state index >= 15 is 0 Å². The van der Waals surface area contributed by atoms with Crippen LogP contribution in [0.3, 0.4) is 0 Å². The molecule has 0 aromatic heterocycles. The number of benzene rings is 3. The van der Waals surface area contributed by atoms with Crippen LogP contribution in [0.15, 0.2) is 72.8 Å². The standard InChI is InChI=1S/C28H30N4O6/c1-17(28(35)38-18(2)33)31-27(34)25(32-22-12-9-20(10-13-22)26(29)30)21-11-14-23(24(15-21)36-3)37-16-19-7-5-4-6-8-19/h4-15,17,25,32H,16H2,1-3H3,(H3,29,30)(H,31,34)/t17-,25+/m0/s1. The number of nitrogens with one attached hydrogen (secondary N) is 3. The minimum absolute atomic E-state index is 0.0838. The van der Waals surface area contributed by atoms with Crippen LogP contribution < -0.4 is 25.8 Å². The summed E-state index contributed by atoms with van der Waals surface area (Å²) in [5, 5.41) is 13.3. The Hall–Kier alpha value is -4.86. The first-order valence-electron chi connectivity index (χ1n) is 11.8. The highest BCUT2D eigenvalue weighted by Crippen LogP contribution is 2.32. The van der Waals surface area contributed by atoms with Gasteiger partial charge in [-0.15, -0.1) is 0 Å². The summed E-state index contributed by atoms with van der Waals surface area (Å²) in [6, 6.07) is 19.3. The predicted molar refractivity (Wildman–Crippen MR) is 142 cm³/mol. The number of amidine groups is 1. The summed E-state index contributed by atoms with van der Waals surface area (Å²) in [4.78, 5) is 36.6. The maximum atomic E-state index is 13.3. The van der Waals surface area contributed by atoms with Crippen molar-refractivity contribution in [2.75, 3.05) is 12.4 Å². The number of ether oxygens (including phenoxy) is 3. The fourth-order valence-corrected chi connectivity index (χ4v) is 3.52. The number of anilines is 1. The second-order valence-corrected chi connectivity index (χ2v) is 8.40. The number of nitrogens with two attached hydrogens (primary N) is 1. The van der Waals surface area contributed by atoms with E-state index in [1.54, 1.807) is 42.5 Å². The molecule has 2 atom stereocenters. The third-order valence-corrected chi connectivity index (χ3v) is 5.48. The molecule has 0 aliphatic heterocycles. The van der Waals surface area contributed by atoms with Gasteiger partial charge in [-0.2, -0.15) is 0 Å². The summed E-state index contributed by atoms with van der Waals surface area (Å²) in [6.45, 7) is 2.86. The molecule has 0 aliphatic carbocycles. The van der Waals surface area contributed by atoms with Crippen LogP contribution in [-0.4, -0.2) is 36.8 Å². The van der Waals surface area contributed by atoms with Gasteiger partial charge in [-0.3, -0.25) is 15.0 Å². The van der Waals surface area contributed by atoms with E-state index in [1.807, 2.05) is 30.3 Å². The van der Waals surface area contributed by atoms with E-state index in [0.717, 1.165) is 12.5 Å². The quantitative estimate of drug-likeness (QED) is 0.131. The van der Waals surface area contributed by atoms with Crippen LogP contribution in [-0.2, 0) is 25.7 Å². The molecule has 0 spiro atoms. The molecule has 3 aromatic rings. The Balaban J connectivity index is 1.87. The lowest BCUT2D eigenvalue weighted by Crippen LogP contribution is -2.44. The monoisotopic (exact) mass is 518 g/mol. The first kappa shape index (κ1) is 27.7. The van der Waals surface area contributed by atoms with Gasteiger partial charge in [0.05, 0.1) is 7.11 Å². The van der Waals surface area contributed by atoms with Gasteiger partial charge in [0, 0.05) is 18.2 Å². The maximum absolute atomic E-state index is 13.3. The summed E-state index contributed by atoms with van der Waals surface area (Å²) < 4.78 is 16.0. The topological polar surface area (TPSA) is 153 Å². The third-order valence-electron chi connectivity index (χ3n) is 5.48. The van der Waals surface area contributed by atoms with Crippen molar-refractivity contribution >= 4 is 29.4 Å². The second-order valence-electron chi connectivity index (χ2n) is 8.40. The Morgan fingerprint density at radius 3 is 2.26 bits per heavy atom. The molecule has 38 heavy (non-hydrogen) atoms. The van der Waals surface area contributed by atoms with Crippen molar-refractivity contribution in [2.45, 2.75) is 32.5 Å². The molecule has 0 radical (unpaired) electrons. The van der Waals surface area contributed by atoms with Crippen molar-refractivity contribution in [2.24, 2.45) is 5.73 Å². The molecule has 0 saturated carbocycles. The molecule has 1 amide bonds. The van der Waals surface area contributed by atoms with E-state index in [-0.39, 0.29) is 5.84 Å². The minimum atomic E-state index is -1.08. The smallest absolute Gasteiger partial charge is 0.335 e. The van der Waals surface area contributed by atoms with Crippen LogP contribution in [0.4, 0.5) is 5.69 Å². The molecule has 10 heteroatoms. The number of carbonyl (C=O) groups excluding carboxylic acids is 3. The van der Waals surface area contributed by atoms with Gasteiger partial charge in [-0.25, -0.2) is 4.79 Å². The van der Waals surface area contributed by atoms with Gasteiger partial charge in [0.2, 0.25) is 5.91 Å². The normalized spacial score (nSPS) is 12.0. The van der Waals surface area contributed by atoms with Crippen molar-refractivity contribution in [3.63, 3.8) is 0 Å². The number of nitrogen functional groups attached to an aromatic ring is 1. The van der Waals surface area contributed by atoms with E-state index in [1.165, 1.54) is 14.0 Å².